The third-order valence-electron chi connectivity index (χ3n) is 5.75. The second-order valence-electron chi connectivity index (χ2n) is 9.04. The molecule has 1 atom stereocenters. The van der Waals surface area contributed by atoms with E-state index in [1.54, 1.807) is 0 Å². The van der Waals surface area contributed by atoms with Crippen LogP contribution in [0.4, 0.5) is 0 Å². The van der Waals surface area contributed by atoms with Gasteiger partial charge in [0.25, 0.3) is 0 Å². The highest BCUT2D eigenvalue weighted by Gasteiger charge is 2.42. The van der Waals surface area contributed by atoms with Crippen LogP contribution >= 0.6 is 11.6 Å². The van der Waals surface area contributed by atoms with E-state index < -0.39 is 8.32 Å². The van der Waals surface area contributed by atoms with E-state index in [0.29, 0.717) is 11.8 Å². The van der Waals surface area contributed by atoms with E-state index in [2.05, 4.69) is 53.8 Å². The number of rotatable bonds is 6. The van der Waals surface area contributed by atoms with Gasteiger partial charge in [-0.1, -0.05) is 34.6 Å². The zero-order valence-corrected chi connectivity index (χ0v) is 17.8. The standard InChI is InChI=1S/C19H34ClNOSi/c1-18(2,3)23(6,7)22-17-11-8-10-16(15(17)14-21)19(4,5)12-9-13-20/h16H,8-13H2,1-7H3. The zero-order valence-electron chi connectivity index (χ0n) is 16.1. The Morgan fingerprint density at radius 3 is 2.35 bits per heavy atom. The summed E-state index contributed by atoms with van der Waals surface area (Å²) < 4.78 is 6.55. The van der Waals surface area contributed by atoms with Gasteiger partial charge in [-0.05, 0) is 49.2 Å². The van der Waals surface area contributed by atoms with Gasteiger partial charge in [0.2, 0.25) is 8.32 Å². The fourth-order valence-electron chi connectivity index (χ4n) is 3.13. The predicted octanol–water partition coefficient (Wildman–Crippen LogP) is 6.63. The van der Waals surface area contributed by atoms with Gasteiger partial charge in [0.1, 0.15) is 0 Å². The van der Waals surface area contributed by atoms with Crippen molar-refractivity contribution in [2.24, 2.45) is 11.3 Å². The summed E-state index contributed by atoms with van der Waals surface area (Å²) in [5, 5.41) is 9.98. The minimum absolute atomic E-state index is 0.0996. The Morgan fingerprint density at radius 1 is 1.26 bits per heavy atom. The predicted molar refractivity (Wildman–Crippen MR) is 102 cm³/mol. The van der Waals surface area contributed by atoms with Crippen LogP contribution in [0, 0.1) is 22.7 Å². The molecule has 0 saturated carbocycles. The summed E-state index contributed by atoms with van der Waals surface area (Å²) in [4.78, 5) is 0. The Bertz CT molecular complexity index is 483. The molecule has 0 aromatic rings. The molecule has 1 rings (SSSR count). The van der Waals surface area contributed by atoms with Crippen LogP contribution in [0.1, 0.15) is 66.7 Å². The molecule has 0 N–H and O–H groups in total. The van der Waals surface area contributed by atoms with E-state index in [9.17, 15) is 5.26 Å². The van der Waals surface area contributed by atoms with Crippen molar-refractivity contribution in [1.82, 2.24) is 0 Å². The van der Waals surface area contributed by atoms with E-state index in [-0.39, 0.29) is 10.5 Å². The molecule has 0 heterocycles. The van der Waals surface area contributed by atoms with Crippen molar-refractivity contribution in [3.05, 3.63) is 11.3 Å². The number of halogens is 1. The number of hydrogen-bond donors (Lipinski definition) is 0. The Balaban J connectivity index is 3.12. The molecule has 0 saturated heterocycles. The van der Waals surface area contributed by atoms with E-state index in [1.807, 2.05) is 0 Å². The Kier molecular flexibility index (Phi) is 6.81. The molecule has 23 heavy (non-hydrogen) atoms. The van der Waals surface area contributed by atoms with Crippen LogP contribution in [-0.2, 0) is 4.43 Å². The number of nitriles is 1. The maximum atomic E-state index is 9.82. The second-order valence-corrected chi connectivity index (χ2v) is 14.1. The van der Waals surface area contributed by atoms with Crippen LogP contribution in [0.25, 0.3) is 0 Å². The highest BCUT2D eigenvalue weighted by atomic mass is 35.5. The molecule has 0 aromatic heterocycles. The van der Waals surface area contributed by atoms with Gasteiger partial charge in [0.05, 0.1) is 17.4 Å². The normalized spacial score (nSPS) is 20.4. The van der Waals surface area contributed by atoms with Crippen LogP contribution < -0.4 is 0 Å². The molecule has 2 nitrogen and oxygen atoms in total. The van der Waals surface area contributed by atoms with E-state index in [4.69, 9.17) is 16.0 Å². The second kappa shape index (κ2) is 7.62. The third-order valence-corrected chi connectivity index (χ3v) is 10.4. The molecule has 1 aliphatic carbocycles. The summed E-state index contributed by atoms with van der Waals surface area (Å²) >= 11 is 5.89. The largest absolute Gasteiger partial charge is 0.546 e. The monoisotopic (exact) mass is 355 g/mol. The van der Waals surface area contributed by atoms with Crippen LogP contribution in [0.3, 0.4) is 0 Å². The number of nitrogens with zero attached hydrogens (tertiary/aromatic N) is 1. The lowest BCUT2D eigenvalue weighted by atomic mass is 9.68. The highest BCUT2D eigenvalue weighted by Crippen LogP contribution is 2.46. The molecular weight excluding hydrogens is 322 g/mol. The lowest BCUT2D eigenvalue weighted by molar-refractivity contribution is 0.192. The number of allylic oxidation sites excluding steroid dienone is 2. The number of hydrogen-bond acceptors (Lipinski definition) is 2. The molecule has 0 bridgehead atoms. The smallest absolute Gasteiger partial charge is 0.250 e. The minimum Gasteiger partial charge on any atom is -0.546 e. The minimum atomic E-state index is -1.89. The molecule has 0 spiro atoms. The van der Waals surface area contributed by atoms with Crippen LogP contribution in [-0.4, -0.2) is 14.2 Å². The maximum absolute atomic E-state index is 9.82. The van der Waals surface area contributed by atoms with Gasteiger partial charge in [-0.15, -0.1) is 11.6 Å². The number of alkyl halides is 1. The molecular formula is C19H34ClNOSi. The van der Waals surface area contributed by atoms with Crippen LogP contribution in [0.2, 0.25) is 18.1 Å². The average molecular weight is 356 g/mol. The van der Waals surface area contributed by atoms with E-state index >= 15 is 0 Å². The summed E-state index contributed by atoms with van der Waals surface area (Å²) in [6.07, 6.45) is 5.17. The average Bonchev–Trinajstić information content (AvgIpc) is 2.43. The fraction of sp³-hybridized carbons (Fsp3) is 0.842. The Hall–Kier alpha value is -0.463. The SMILES string of the molecule is CC(C)(CCCCl)C1CCCC(O[Si](C)(C)C(C)(C)C)=C1C#N. The first-order valence-corrected chi connectivity index (χ1v) is 12.3. The van der Waals surface area contributed by atoms with Gasteiger partial charge in [-0.3, -0.25) is 0 Å². The fourth-order valence-corrected chi connectivity index (χ4v) is 4.39. The molecule has 0 aliphatic heterocycles. The first-order valence-electron chi connectivity index (χ1n) is 8.84. The van der Waals surface area contributed by atoms with Crippen molar-refractivity contribution in [2.45, 2.75) is 84.9 Å². The van der Waals surface area contributed by atoms with Crippen molar-refractivity contribution >= 4 is 19.9 Å². The quantitative estimate of drug-likeness (QED) is 0.395. The Morgan fingerprint density at radius 2 is 1.87 bits per heavy atom. The van der Waals surface area contributed by atoms with Crippen molar-refractivity contribution in [3.63, 3.8) is 0 Å². The molecule has 0 radical (unpaired) electrons. The van der Waals surface area contributed by atoms with Gasteiger partial charge in [0, 0.05) is 18.2 Å². The summed E-state index contributed by atoms with van der Waals surface area (Å²) in [5.41, 5.74) is 1.00. The summed E-state index contributed by atoms with van der Waals surface area (Å²) in [6, 6.07) is 2.50. The van der Waals surface area contributed by atoms with Crippen LogP contribution in [0.15, 0.2) is 11.3 Å². The lowest BCUT2D eigenvalue weighted by Gasteiger charge is -2.42. The topological polar surface area (TPSA) is 33.0 Å². The summed E-state index contributed by atoms with van der Waals surface area (Å²) in [6.45, 7) is 15.8. The van der Waals surface area contributed by atoms with E-state index in [0.717, 1.165) is 43.4 Å². The van der Waals surface area contributed by atoms with Gasteiger partial charge in [0.15, 0.2) is 0 Å². The van der Waals surface area contributed by atoms with Gasteiger partial charge < -0.3 is 4.43 Å². The van der Waals surface area contributed by atoms with Crippen molar-refractivity contribution in [2.75, 3.05) is 5.88 Å². The molecule has 0 fully saturated rings. The molecule has 1 unspecified atom stereocenters. The third kappa shape index (κ3) is 5.00. The van der Waals surface area contributed by atoms with Crippen molar-refractivity contribution < 1.29 is 4.43 Å². The summed E-state index contributed by atoms with van der Waals surface area (Å²) in [5.74, 6) is 1.97. The molecule has 132 valence electrons. The van der Waals surface area contributed by atoms with Gasteiger partial charge >= 0.3 is 0 Å². The molecule has 1 aliphatic rings. The Labute approximate surface area is 149 Å². The highest BCUT2D eigenvalue weighted by molar-refractivity contribution is 6.74. The first kappa shape index (κ1) is 20.6. The first-order chi connectivity index (χ1) is 10.5. The van der Waals surface area contributed by atoms with Gasteiger partial charge in [-0.25, -0.2) is 0 Å². The van der Waals surface area contributed by atoms with Crippen LogP contribution in [0.5, 0.6) is 0 Å². The maximum Gasteiger partial charge on any atom is 0.250 e. The lowest BCUT2D eigenvalue weighted by Crippen LogP contribution is -2.41. The summed E-state index contributed by atoms with van der Waals surface area (Å²) in [7, 11) is -1.89. The molecule has 0 aromatic carbocycles. The molecule has 4 heteroatoms. The van der Waals surface area contributed by atoms with Gasteiger partial charge in [-0.2, -0.15) is 5.26 Å². The molecule has 0 amide bonds. The van der Waals surface area contributed by atoms with E-state index in [1.165, 1.54) is 0 Å². The zero-order chi connectivity index (χ0) is 17.9. The van der Waals surface area contributed by atoms with Crippen molar-refractivity contribution in [1.29, 1.82) is 5.26 Å². The van der Waals surface area contributed by atoms with Crippen molar-refractivity contribution in [3.8, 4) is 6.07 Å².